The van der Waals surface area contributed by atoms with Crippen LogP contribution in [0.5, 0.6) is 5.75 Å². The Morgan fingerprint density at radius 1 is 1.04 bits per heavy atom. The zero-order valence-corrected chi connectivity index (χ0v) is 15.6. The second kappa shape index (κ2) is 10.0. The smallest absolute Gasteiger partial charge is 0.259 e. The third kappa shape index (κ3) is 6.55. The minimum atomic E-state index is -0.501. The predicted octanol–water partition coefficient (Wildman–Crippen LogP) is 3.29. The van der Waals surface area contributed by atoms with Crippen LogP contribution in [0.25, 0.3) is 0 Å². The zero-order chi connectivity index (χ0) is 18.9. The van der Waals surface area contributed by atoms with Crippen LogP contribution in [-0.2, 0) is 9.59 Å². The van der Waals surface area contributed by atoms with Crippen molar-refractivity contribution in [2.24, 2.45) is 5.10 Å². The van der Waals surface area contributed by atoms with E-state index in [2.05, 4.69) is 15.8 Å². The highest BCUT2D eigenvalue weighted by Crippen LogP contribution is 2.24. The lowest BCUT2D eigenvalue weighted by Crippen LogP contribution is -2.37. The number of ether oxygens (including phenoxy) is 1. The Morgan fingerprint density at radius 3 is 2.50 bits per heavy atom. The molecule has 0 spiro atoms. The Kier molecular flexibility index (Phi) is 7.72. The Hall–Kier alpha value is -2.28. The molecule has 2 aromatic carbocycles. The van der Waals surface area contributed by atoms with Crippen LogP contribution in [-0.4, -0.2) is 31.2 Å². The van der Waals surface area contributed by atoms with Gasteiger partial charge in [-0.15, -0.1) is 0 Å². The molecule has 6 nitrogen and oxygen atoms in total. The predicted molar refractivity (Wildman–Crippen MR) is 102 cm³/mol. The number of carbonyl (C=O) groups excluding carboxylic acids is 2. The average Bonchev–Trinajstić information content (AvgIpc) is 2.63. The first kappa shape index (κ1) is 20.0. The van der Waals surface area contributed by atoms with Gasteiger partial charge in [-0.2, -0.15) is 5.10 Å². The summed E-state index contributed by atoms with van der Waals surface area (Å²) in [5.41, 5.74) is 2.83. The van der Waals surface area contributed by atoms with E-state index < -0.39 is 11.8 Å². The van der Waals surface area contributed by atoms with Crippen molar-refractivity contribution in [3.05, 3.63) is 63.1 Å². The van der Waals surface area contributed by atoms with Crippen LogP contribution in [0.1, 0.15) is 5.56 Å². The number of carbonyl (C=O) groups is 2. The van der Waals surface area contributed by atoms with E-state index >= 15 is 0 Å². The topological polar surface area (TPSA) is 79.8 Å². The summed E-state index contributed by atoms with van der Waals surface area (Å²) in [6, 6.07) is 11.6. The average molecular weight is 415 g/mol. The fraction of sp³-hybridized carbons (Fsp3) is 0.118. The normalized spacial score (nSPS) is 10.6. The standard InChI is InChI=1S/C17H14Cl3N3O3/c18-12-4-6-13(7-5-12)26-10-16(25)21-9-15(24)23-22-8-11-2-1-3-14(19)17(11)20/h1-8H,9-10H2,(H,21,25)(H,23,24). The molecular formula is C17H14Cl3N3O3. The summed E-state index contributed by atoms with van der Waals surface area (Å²) in [4.78, 5) is 23.3. The SMILES string of the molecule is O=C(COc1ccc(Cl)cc1)NCC(=O)NN=Cc1cccc(Cl)c1Cl. The maximum absolute atomic E-state index is 11.7. The summed E-state index contributed by atoms with van der Waals surface area (Å²) in [5, 5.41) is 7.46. The van der Waals surface area contributed by atoms with Gasteiger partial charge in [-0.05, 0) is 30.3 Å². The summed E-state index contributed by atoms with van der Waals surface area (Å²) < 4.78 is 5.26. The van der Waals surface area contributed by atoms with Crippen LogP contribution in [0.3, 0.4) is 0 Å². The summed E-state index contributed by atoms with van der Waals surface area (Å²) in [6.45, 7) is -0.472. The Bertz CT molecular complexity index is 811. The molecule has 0 heterocycles. The summed E-state index contributed by atoms with van der Waals surface area (Å²) >= 11 is 17.6. The molecule has 26 heavy (non-hydrogen) atoms. The summed E-state index contributed by atoms with van der Waals surface area (Å²) in [7, 11) is 0. The van der Waals surface area contributed by atoms with E-state index in [1.54, 1.807) is 42.5 Å². The highest BCUT2D eigenvalue weighted by Gasteiger charge is 2.06. The number of amides is 2. The number of hydrogen-bond donors (Lipinski definition) is 2. The number of benzene rings is 2. The Morgan fingerprint density at radius 2 is 1.77 bits per heavy atom. The molecule has 0 aliphatic rings. The number of nitrogens with one attached hydrogen (secondary N) is 2. The van der Waals surface area contributed by atoms with Crippen LogP contribution in [0.2, 0.25) is 15.1 Å². The van der Waals surface area contributed by atoms with Gasteiger partial charge in [0.25, 0.3) is 11.8 Å². The number of rotatable bonds is 7. The van der Waals surface area contributed by atoms with Crippen molar-refractivity contribution < 1.29 is 14.3 Å². The minimum Gasteiger partial charge on any atom is -0.484 e. The van der Waals surface area contributed by atoms with Crippen molar-refractivity contribution in [1.82, 2.24) is 10.7 Å². The molecule has 136 valence electrons. The monoisotopic (exact) mass is 413 g/mol. The fourth-order valence-corrected chi connectivity index (χ4v) is 2.23. The van der Waals surface area contributed by atoms with Gasteiger partial charge in [0.1, 0.15) is 5.75 Å². The highest BCUT2D eigenvalue weighted by molar-refractivity contribution is 6.43. The van der Waals surface area contributed by atoms with Crippen molar-refractivity contribution >= 4 is 52.8 Å². The van der Waals surface area contributed by atoms with Gasteiger partial charge in [-0.3, -0.25) is 9.59 Å². The Balaban J connectivity index is 1.70. The van der Waals surface area contributed by atoms with E-state index in [4.69, 9.17) is 39.5 Å². The Labute approximate surface area is 165 Å². The van der Waals surface area contributed by atoms with Crippen molar-refractivity contribution in [2.75, 3.05) is 13.2 Å². The molecule has 2 amide bonds. The van der Waals surface area contributed by atoms with Gasteiger partial charge in [0.15, 0.2) is 6.61 Å². The third-order valence-electron chi connectivity index (χ3n) is 3.00. The van der Waals surface area contributed by atoms with Gasteiger partial charge in [0.05, 0.1) is 22.8 Å². The van der Waals surface area contributed by atoms with Gasteiger partial charge in [-0.1, -0.05) is 46.9 Å². The molecule has 0 bridgehead atoms. The number of halogens is 3. The van der Waals surface area contributed by atoms with Gasteiger partial charge < -0.3 is 10.1 Å². The molecule has 0 fully saturated rings. The van der Waals surface area contributed by atoms with Crippen LogP contribution in [0.15, 0.2) is 47.6 Å². The van der Waals surface area contributed by atoms with Crippen LogP contribution < -0.4 is 15.5 Å². The van der Waals surface area contributed by atoms with E-state index in [-0.39, 0.29) is 13.2 Å². The van der Waals surface area contributed by atoms with Crippen LogP contribution in [0.4, 0.5) is 0 Å². The molecule has 0 aromatic heterocycles. The lowest BCUT2D eigenvalue weighted by Gasteiger charge is -2.07. The number of hydrazone groups is 1. The van der Waals surface area contributed by atoms with Gasteiger partial charge in [-0.25, -0.2) is 5.43 Å². The largest absolute Gasteiger partial charge is 0.484 e. The molecule has 2 rings (SSSR count). The van der Waals surface area contributed by atoms with E-state index in [1.807, 2.05) is 0 Å². The second-order valence-electron chi connectivity index (χ2n) is 4.96. The van der Waals surface area contributed by atoms with Crippen molar-refractivity contribution in [3.8, 4) is 5.75 Å². The molecule has 0 saturated heterocycles. The molecule has 2 aromatic rings. The second-order valence-corrected chi connectivity index (χ2v) is 6.18. The van der Waals surface area contributed by atoms with E-state index in [0.29, 0.717) is 26.4 Å². The lowest BCUT2D eigenvalue weighted by atomic mass is 10.2. The van der Waals surface area contributed by atoms with Crippen molar-refractivity contribution in [3.63, 3.8) is 0 Å². The molecule has 0 atom stereocenters. The molecular weight excluding hydrogens is 401 g/mol. The molecule has 2 N–H and O–H groups in total. The molecule has 9 heteroatoms. The number of hydrogen-bond acceptors (Lipinski definition) is 4. The minimum absolute atomic E-state index is 0.226. The molecule has 0 radical (unpaired) electrons. The van der Waals surface area contributed by atoms with Gasteiger partial charge >= 0.3 is 0 Å². The first-order chi connectivity index (χ1) is 12.5. The van der Waals surface area contributed by atoms with E-state index in [9.17, 15) is 9.59 Å². The molecule has 0 saturated carbocycles. The highest BCUT2D eigenvalue weighted by atomic mass is 35.5. The lowest BCUT2D eigenvalue weighted by molar-refractivity contribution is -0.127. The maximum atomic E-state index is 11.7. The van der Waals surface area contributed by atoms with Gasteiger partial charge in [0, 0.05) is 10.6 Å². The molecule has 0 unspecified atom stereocenters. The zero-order valence-electron chi connectivity index (χ0n) is 13.3. The first-order valence-electron chi connectivity index (χ1n) is 7.36. The van der Waals surface area contributed by atoms with E-state index in [1.165, 1.54) is 6.21 Å². The summed E-state index contributed by atoms with van der Waals surface area (Å²) in [6.07, 6.45) is 1.36. The summed E-state index contributed by atoms with van der Waals surface area (Å²) in [5.74, 6) is -0.451. The van der Waals surface area contributed by atoms with Crippen molar-refractivity contribution in [1.29, 1.82) is 0 Å². The van der Waals surface area contributed by atoms with Crippen molar-refractivity contribution in [2.45, 2.75) is 0 Å². The molecule has 0 aliphatic carbocycles. The van der Waals surface area contributed by atoms with Crippen LogP contribution >= 0.6 is 34.8 Å². The third-order valence-corrected chi connectivity index (χ3v) is 4.09. The van der Waals surface area contributed by atoms with Gasteiger partial charge in [0.2, 0.25) is 0 Å². The van der Waals surface area contributed by atoms with E-state index in [0.717, 1.165) is 0 Å². The van der Waals surface area contributed by atoms with Crippen LogP contribution in [0, 0.1) is 0 Å². The fourth-order valence-electron chi connectivity index (χ4n) is 1.74. The molecule has 0 aliphatic heterocycles. The first-order valence-corrected chi connectivity index (χ1v) is 8.50. The maximum Gasteiger partial charge on any atom is 0.259 e. The number of nitrogens with zero attached hydrogens (tertiary/aromatic N) is 1. The quantitative estimate of drug-likeness (QED) is 0.539.